The Labute approximate surface area is 104 Å². The highest BCUT2D eigenvalue weighted by molar-refractivity contribution is 7.07. The summed E-state index contributed by atoms with van der Waals surface area (Å²) in [5, 5.41) is 1.84. The number of hydrogen-bond donors (Lipinski definition) is 0. The highest BCUT2D eigenvalue weighted by Crippen LogP contribution is 2.12. The van der Waals surface area contributed by atoms with Crippen LogP contribution in [0.2, 0.25) is 0 Å². The van der Waals surface area contributed by atoms with E-state index in [9.17, 15) is 4.79 Å². The molecule has 0 bridgehead atoms. The van der Waals surface area contributed by atoms with E-state index in [1.807, 2.05) is 54.1 Å². The van der Waals surface area contributed by atoms with Crippen molar-refractivity contribution in [1.29, 1.82) is 0 Å². The molecular weight excluding hydrogens is 232 g/mol. The van der Waals surface area contributed by atoms with Gasteiger partial charge in [0.05, 0.1) is 11.4 Å². The summed E-state index contributed by atoms with van der Waals surface area (Å²) in [5.74, 6) is 0. The summed E-state index contributed by atoms with van der Waals surface area (Å²) >= 11 is 1.49. The molecule has 0 saturated carbocycles. The average molecular weight is 246 g/mol. The van der Waals surface area contributed by atoms with E-state index in [1.54, 1.807) is 0 Å². The summed E-state index contributed by atoms with van der Waals surface area (Å²) in [5.41, 5.74) is 1.58. The van der Waals surface area contributed by atoms with Crippen molar-refractivity contribution in [1.82, 2.24) is 4.57 Å². The van der Waals surface area contributed by atoms with Crippen LogP contribution in [0.4, 0.5) is 5.69 Å². The van der Waals surface area contributed by atoms with E-state index in [0.29, 0.717) is 5.69 Å². The van der Waals surface area contributed by atoms with Crippen LogP contribution >= 0.6 is 11.3 Å². The Morgan fingerprint density at radius 3 is 2.59 bits per heavy atom. The molecule has 0 saturated heterocycles. The summed E-state index contributed by atoms with van der Waals surface area (Å²) in [6, 6.07) is 9.99. The zero-order valence-corrected chi connectivity index (χ0v) is 10.6. The zero-order valence-electron chi connectivity index (χ0n) is 9.83. The van der Waals surface area contributed by atoms with Gasteiger partial charge in [0.15, 0.2) is 11.1 Å². The van der Waals surface area contributed by atoms with Gasteiger partial charge in [0, 0.05) is 11.4 Å². The molecule has 0 aliphatic rings. The van der Waals surface area contributed by atoms with E-state index in [-0.39, 0.29) is 6.04 Å². The van der Waals surface area contributed by atoms with Gasteiger partial charge in [-0.1, -0.05) is 18.2 Å². The lowest BCUT2D eigenvalue weighted by Crippen LogP contribution is -2.19. The normalized spacial score (nSPS) is 12.1. The van der Waals surface area contributed by atoms with Crippen molar-refractivity contribution in [2.45, 2.75) is 19.9 Å². The first-order valence-corrected chi connectivity index (χ1v) is 6.35. The third-order valence-corrected chi connectivity index (χ3v) is 3.25. The van der Waals surface area contributed by atoms with E-state index < -0.39 is 0 Å². The van der Waals surface area contributed by atoms with Crippen molar-refractivity contribution in [3.05, 3.63) is 46.2 Å². The highest BCUT2D eigenvalue weighted by atomic mass is 32.1. The maximum Gasteiger partial charge on any atom is 0.190 e. The quantitative estimate of drug-likeness (QED) is 0.766. The standard InChI is InChI=1S/C13H14N2OS/c1-10(2)15-12(8-16)9-17-13(15)14-11-6-4-3-5-7-11/h3-10H,1-2H3. The van der Waals surface area contributed by atoms with Gasteiger partial charge in [-0.05, 0) is 26.0 Å². The van der Waals surface area contributed by atoms with Crippen LogP contribution in [0.15, 0.2) is 40.7 Å². The molecule has 0 aliphatic carbocycles. The summed E-state index contributed by atoms with van der Waals surface area (Å²) in [4.78, 5) is 16.4. The van der Waals surface area contributed by atoms with E-state index >= 15 is 0 Å². The van der Waals surface area contributed by atoms with Crippen LogP contribution < -0.4 is 4.80 Å². The Bertz CT molecular complexity index is 567. The maximum absolute atomic E-state index is 10.9. The molecule has 4 heteroatoms. The van der Waals surface area contributed by atoms with Crippen molar-refractivity contribution < 1.29 is 4.79 Å². The molecule has 0 aliphatic heterocycles. The Morgan fingerprint density at radius 1 is 1.29 bits per heavy atom. The molecule has 17 heavy (non-hydrogen) atoms. The minimum absolute atomic E-state index is 0.226. The van der Waals surface area contributed by atoms with Gasteiger partial charge >= 0.3 is 0 Å². The maximum atomic E-state index is 10.9. The van der Waals surface area contributed by atoms with Crippen molar-refractivity contribution in [3.63, 3.8) is 0 Å². The van der Waals surface area contributed by atoms with Gasteiger partial charge in [-0.2, -0.15) is 0 Å². The molecule has 88 valence electrons. The smallest absolute Gasteiger partial charge is 0.190 e. The van der Waals surface area contributed by atoms with Gasteiger partial charge in [-0.25, -0.2) is 4.99 Å². The zero-order chi connectivity index (χ0) is 12.3. The summed E-state index contributed by atoms with van der Waals surface area (Å²) in [6.07, 6.45) is 0.876. The molecule has 0 atom stereocenters. The first-order valence-electron chi connectivity index (χ1n) is 5.47. The van der Waals surface area contributed by atoms with Crippen LogP contribution in [0.25, 0.3) is 0 Å². The number of carbonyl (C=O) groups excluding carboxylic acids is 1. The van der Waals surface area contributed by atoms with Gasteiger partial charge in [0.2, 0.25) is 0 Å². The first-order chi connectivity index (χ1) is 8.22. The molecule has 0 fully saturated rings. The number of nitrogens with zero attached hydrogens (tertiary/aromatic N) is 2. The van der Waals surface area contributed by atoms with Crippen molar-refractivity contribution in [2.75, 3.05) is 0 Å². The Morgan fingerprint density at radius 2 is 2.00 bits per heavy atom. The number of benzene rings is 1. The van der Waals surface area contributed by atoms with Crippen LogP contribution in [-0.2, 0) is 0 Å². The van der Waals surface area contributed by atoms with Crippen LogP contribution in [-0.4, -0.2) is 10.9 Å². The molecular formula is C13H14N2OS. The molecule has 1 heterocycles. The average Bonchev–Trinajstić information content (AvgIpc) is 2.73. The van der Waals surface area contributed by atoms with Gasteiger partial charge in [-0.3, -0.25) is 4.79 Å². The molecule has 1 aromatic carbocycles. The summed E-state index contributed by atoms with van der Waals surface area (Å²) in [7, 11) is 0. The lowest BCUT2D eigenvalue weighted by atomic mass is 10.3. The molecule has 2 aromatic rings. The fourth-order valence-corrected chi connectivity index (χ4v) is 2.62. The number of thiazole rings is 1. The van der Waals surface area contributed by atoms with E-state index in [0.717, 1.165) is 16.8 Å². The molecule has 0 spiro atoms. The van der Waals surface area contributed by atoms with E-state index in [4.69, 9.17) is 0 Å². The second-order valence-electron chi connectivity index (χ2n) is 3.97. The Hall–Kier alpha value is -1.68. The number of carbonyl (C=O) groups is 1. The van der Waals surface area contributed by atoms with Crippen LogP contribution in [0.1, 0.15) is 30.4 Å². The number of para-hydroxylation sites is 1. The third kappa shape index (κ3) is 2.53. The third-order valence-electron chi connectivity index (χ3n) is 2.39. The van der Waals surface area contributed by atoms with Crippen molar-refractivity contribution >= 4 is 23.3 Å². The Kier molecular flexibility index (Phi) is 3.54. The lowest BCUT2D eigenvalue weighted by molar-refractivity contribution is 0.111. The molecule has 2 rings (SSSR count). The SMILES string of the molecule is CC(C)n1c(C=O)csc1=Nc1ccccc1. The van der Waals surface area contributed by atoms with Gasteiger partial charge in [0.1, 0.15) is 0 Å². The number of aromatic nitrogens is 1. The molecule has 0 radical (unpaired) electrons. The second-order valence-corrected chi connectivity index (χ2v) is 4.81. The van der Waals surface area contributed by atoms with Gasteiger partial charge < -0.3 is 4.57 Å². The van der Waals surface area contributed by atoms with Crippen molar-refractivity contribution in [2.24, 2.45) is 4.99 Å². The van der Waals surface area contributed by atoms with Gasteiger partial charge in [0.25, 0.3) is 0 Å². The molecule has 0 amide bonds. The van der Waals surface area contributed by atoms with Crippen LogP contribution in [0.3, 0.4) is 0 Å². The predicted molar refractivity (Wildman–Crippen MR) is 69.7 cm³/mol. The van der Waals surface area contributed by atoms with E-state index in [2.05, 4.69) is 4.99 Å². The largest absolute Gasteiger partial charge is 0.312 e. The minimum atomic E-state index is 0.226. The topological polar surface area (TPSA) is 34.4 Å². The predicted octanol–water partition coefficient (Wildman–Crippen LogP) is 3.18. The molecule has 0 unspecified atom stereocenters. The second kappa shape index (κ2) is 5.10. The molecule has 3 nitrogen and oxygen atoms in total. The van der Waals surface area contributed by atoms with Crippen LogP contribution in [0, 0.1) is 0 Å². The first kappa shape index (κ1) is 11.8. The van der Waals surface area contributed by atoms with Crippen molar-refractivity contribution in [3.8, 4) is 0 Å². The number of rotatable bonds is 3. The Balaban J connectivity index is 2.56. The fraction of sp³-hybridized carbons (Fsp3) is 0.231. The monoisotopic (exact) mass is 246 g/mol. The number of aldehydes is 1. The fourth-order valence-electron chi connectivity index (χ4n) is 1.63. The molecule has 1 aromatic heterocycles. The molecule has 0 N–H and O–H groups in total. The van der Waals surface area contributed by atoms with E-state index in [1.165, 1.54) is 11.3 Å². The number of hydrogen-bond acceptors (Lipinski definition) is 3. The summed E-state index contributed by atoms with van der Waals surface area (Å²) in [6.45, 7) is 4.09. The highest BCUT2D eigenvalue weighted by Gasteiger charge is 2.07. The van der Waals surface area contributed by atoms with Gasteiger partial charge in [-0.15, -0.1) is 11.3 Å². The lowest BCUT2D eigenvalue weighted by Gasteiger charge is -2.08. The van der Waals surface area contributed by atoms with Crippen LogP contribution in [0.5, 0.6) is 0 Å². The minimum Gasteiger partial charge on any atom is -0.312 e. The summed E-state index contributed by atoms with van der Waals surface area (Å²) < 4.78 is 1.95.